The zero-order valence-electron chi connectivity index (χ0n) is 9.40. The van der Waals surface area contributed by atoms with Gasteiger partial charge in [0.2, 0.25) is 5.78 Å². The van der Waals surface area contributed by atoms with Gasteiger partial charge in [0.25, 0.3) is 5.91 Å². The average Bonchev–Trinajstić information content (AvgIpc) is 2.63. The van der Waals surface area contributed by atoms with E-state index in [2.05, 4.69) is 0 Å². The minimum atomic E-state index is -0.575. The number of rotatable bonds is 3. The van der Waals surface area contributed by atoms with E-state index in [1.54, 1.807) is 13.0 Å². The Bertz CT molecular complexity index is 473. The second kappa shape index (κ2) is 4.53. The molecular formula is C12H12FNO3. The highest BCUT2D eigenvalue weighted by molar-refractivity contribution is 6.43. The molecule has 1 aromatic carbocycles. The Labute approximate surface area is 98.0 Å². The lowest BCUT2D eigenvalue weighted by Crippen LogP contribution is -2.26. The Hall–Kier alpha value is -1.91. The number of carbonyl (C=O) groups is 2. The standard InChI is InChI=1S/C12H12FNO3/c1-2-17-11-4-3-8(7-9(11)13)14-6-5-10(15)12(14)16/h3-4,7H,2,5-6H2,1H3. The fraction of sp³-hybridized carbons (Fsp3) is 0.333. The van der Waals surface area contributed by atoms with Crippen molar-refractivity contribution in [3.63, 3.8) is 0 Å². The summed E-state index contributed by atoms with van der Waals surface area (Å²) < 4.78 is 18.6. The molecule has 0 N–H and O–H groups in total. The highest BCUT2D eigenvalue weighted by Crippen LogP contribution is 2.26. The lowest BCUT2D eigenvalue weighted by atomic mass is 10.2. The Morgan fingerprint density at radius 3 is 2.71 bits per heavy atom. The molecule has 0 aliphatic carbocycles. The van der Waals surface area contributed by atoms with Gasteiger partial charge in [-0.2, -0.15) is 0 Å². The molecule has 17 heavy (non-hydrogen) atoms. The number of ether oxygens (including phenoxy) is 1. The first kappa shape index (κ1) is 11.6. The molecule has 1 aromatic rings. The van der Waals surface area contributed by atoms with E-state index in [1.165, 1.54) is 17.0 Å². The average molecular weight is 237 g/mol. The van der Waals surface area contributed by atoms with Gasteiger partial charge in [-0.1, -0.05) is 0 Å². The van der Waals surface area contributed by atoms with Crippen molar-refractivity contribution in [3.05, 3.63) is 24.0 Å². The van der Waals surface area contributed by atoms with Crippen molar-refractivity contribution in [2.75, 3.05) is 18.1 Å². The van der Waals surface area contributed by atoms with Gasteiger partial charge in [-0.25, -0.2) is 4.39 Å². The van der Waals surface area contributed by atoms with Crippen molar-refractivity contribution < 1.29 is 18.7 Å². The maximum absolute atomic E-state index is 13.6. The summed E-state index contributed by atoms with van der Waals surface area (Å²) in [7, 11) is 0. The van der Waals surface area contributed by atoms with Gasteiger partial charge in [0.05, 0.1) is 6.61 Å². The van der Waals surface area contributed by atoms with Crippen LogP contribution in [0.4, 0.5) is 10.1 Å². The summed E-state index contributed by atoms with van der Waals surface area (Å²) in [5, 5.41) is 0. The van der Waals surface area contributed by atoms with E-state index < -0.39 is 17.5 Å². The van der Waals surface area contributed by atoms with E-state index in [0.717, 1.165) is 0 Å². The molecule has 1 aliphatic rings. The fourth-order valence-electron chi connectivity index (χ4n) is 1.75. The van der Waals surface area contributed by atoms with Crippen molar-refractivity contribution in [1.29, 1.82) is 0 Å². The predicted octanol–water partition coefficient (Wildman–Crippen LogP) is 1.53. The van der Waals surface area contributed by atoms with E-state index in [0.29, 0.717) is 18.8 Å². The van der Waals surface area contributed by atoms with Crippen LogP contribution in [0.5, 0.6) is 5.75 Å². The summed E-state index contributed by atoms with van der Waals surface area (Å²) in [4.78, 5) is 23.8. The molecule has 90 valence electrons. The quantitative estimate of drug-likeness (QED) is 0.749. The Balaban J connectivity index is 2.26. The molecule has 0 atom stereocenters. The normalized spacial score (nSPS) is 15.5. The number of ketones is 1. The number of carbonyl (C=O) groups excluding carboxylic acids is 2. The highest BCUT2D eigenvalue weighted by Gasteiger charge is 2.30. The van der Waals surface area contributed by atoms with E-state index >= 15 is 0 Å². The first-order chi connectivity index (χ1) is 8.13. The molecule has 0 bridgehead atoms. The van der Waals surface area contributed by atoms with Crippen LogP contribution in [-0.2, 0) is 9.59 Å². The molecule has 0 spiro atoms. The van der Waals surface area contributed by atoms with Crippen molar-refractivity contribution >= 4 is 17.4 Å². The zero-order valence-corrected chi connectivity index (χ0v) is 9.40. The second-order valence-corrected chi connectivity index (χ2v) is 3.68. The first-order valence-electron chi connectivity index (χ1n) is 5.40. The highest BCUT2D eigenvalue weighted by atomic mass is 19.1. The molecule has 1 heterocycles. The van der Waals surface area contributed by atoms with Gasteiger partial charge in [-0.05, 0) is 19.1 Å². The van der Waals surface area contributed by atoms with Gasteiger partial charge in [-0.3, -0.25) is 9.59 Å². The third-order valence-corrected chi connectivity index (χ3v) is 2.57. The molecule has 0 aromatic heterocycles. The molecular weight excluding hydrogens is 225 g/mol. The summed E-state index contributed by atoms with van der Waals surface area (Å²) in [6.07, 6.45) is 0.188. The fourth-order valence-corrected chi connectivity index (χ4v) is 1.75. The van der Waals surface area contributed by atoms with Gasteiger partial charge in [0.1, 0.15) is 0 Å². The number of hydrogen-bond donors (Lipinski definition) is 0. The Kier molecular flexibility index (Phi) is 3.08. The summed E-state index contributed by atoms with van der Waals surface area (Å²) in [5.41, 5.74) is 0.391. The van der Waals surface area contributed by atoms with E-state index in [1.807, 2.05) is 0 Å². The third-order valence-electron chi connectivity index (χ3n) is 2.57. The summed E-state index contributed by atoms with van der Waals surface area (Å²) in [6, 6.07) is 4.25. The molecule has 0 unspecified atom stereocenters. The van der Waals surface area contributed by atoms with Crippen LogP contribution in [0.3, 0.4) is 0 Å². The van der Waals surface area contributed by atoms with Crippen molar-refractivity contribution in [3.8, 4) is 5.75 Å². The number of anilines is 1. The molecule has 2 rings (SSSR count). The maximum atomic E-state index is 13.6. The topological polar surface area (TPSA) is 46.6 Å². The largest absolute Gasteiger partial charge is 0.491 e. The Morgan fingerprint density at radius 1 is 1.41 bits per heavy atom. The van der Waals surface area contributed by atoms with Crippen LogP contribution in [0.25, 0.3) is 0 Å². The molecule has 0 radical (unpaired) electrons. The second-order valence-electron chi connectivity index (χ2n) is 3.68. The smallest absolute Gasteiger partial charge is 0.294 e. The van der Waals surface area contributed by atoms with Gasteiger partial charge in [-0.15, -0.1) is 0 Å². The molecule has 0 saturated carbocycles. The van der Waals surface area contributed by atoms with Crippen molar-refractivity contribution in [1.82, 2.24) is 0 Å². The van der Waals surface area contributed by atoms with Crippen LogP contribution in [0.15, 0.2) is 18.2 Å². The van der Waals surface area contributed by atoms with Crippen LogP contribution < -0.4 is 9.64 Å². The number of Topliss-reactive ketones (excluding diaryl/α,β-unsaturated/α-hetero) is 1. The SMILES string of the molecule is CCOc1ccc(N2CCC(=O)C2=O)cc1F. The van der Waals surface area contributed by atoms with E-state index in [9.17, 15) is 14.0 Å². The first-order valence-corrected chi connectivity index (χ1v) is 5.40. The van der Waals surface area contributed by atoms with E-state index in [4.69, 9.17) is 4.74 Å². The van der Waals surface area contributed by atoms with Crippen LogP contribution in [-0.4, -0.2) is 24.8 Å². The lowest BCUT2D eigenvalue weighted by Gasteiger charge is -2.15. The van der Waals surface area contributed by atoms with Crippen LogP contribution in [0, 0.1) is 5.82 Å². The van der Waals surface area contributed by atoms with Crippen molar-refractivity contribution in [2.24, 2.45) is 0 Å². The number of halogens is 1. The monoisotopic (exact) mass is 237 g/mol. The van der Waals surface area contributed by atoms with Crippen LogP contribution >= 0.6 is 0 Å². The number of benzene rings is 1. The minimum absolute atomic E-state index is 0.147. The van der Waals surface area contributed by atoms with Crippen molar-refractivity contribution in [2.45, 2.75) is 13.3 Å². The van der Waals surface area contributed by atoms with Gasteiger partial charge >= 0.3 is 0 Å². The summed E-state index contributed by atoms with van der Waals surface area (Å²) >= 11 is 0. The minimum Gasteiger partial charge on any atom is -0.491 e. The molecule has 4 nitrogen and oxygen atoms in total. The summed E-state index contributed by atoms with van der Waals surface area (Å²) in [6.45, 7) is 2.44. The molecule has 1 amide bonds. The van der Waals surface area contributed by atoms with Crippen LogP contribution in [0.1, 0.15) is 13.3 Å². The third kappa shape index (κ3) is 2.13. The number of hydrogen-bond acceptors (Lipinski definition) is 3. The number of nitrogens with zero attached hydrogens (tertiary/aromatic N) is 1. The predicted molar refractivity (Wildman–Crippen MR) is 59.5 cm³/mol. The number of amides is 1. The molecule has 1 fully saturated rings. The maximum Gasteiger partial charge on any atom is 0.294 e. The van der Waals surface area contributed by atoms with E-state index in [-0.39, 0.29) is 12.2 Å². The van der Waals surface area contributed by atoms with Crippen LogP contribution in [0.2, 0.25) is 0 Å². The van der Waals surface area contributed by atoms with Gasteiger partial charge in [0, 0.05) is 24.7 Å². The Morgan fingerprint density at radius 2 is 2.18 bits per heavy atom. The van der Waals surface area contributed by atoms with Gasteiger partial charge in [0.15, 0.2) is 11.6 Å². The summed E-state index contributed by atoms with van der Waals surface area (Å²) in [5.74, 6) is -1.39. The molecule has 5 heteroatoms. The lowest BCUT2D eigenvalue weighted by molar-refractivity contribution is -0.133. The van der Waals surface area contributed by atoms with Gasteiger partial charge < -0.3 is 9.64 Å². The molecule has 1 aliphatic heterocycles. The zero-order chi connectivity index (χ0) is 12.4. The molecule has 1 saturated heterocycles.